The molecule has 0 amide bonds. The standard InChI is InChI=1S/C12H26O5Si.C3H8S/c1-4-15-18(16-5-2,17-6-3)9-7-8-13-10-12-11-14-12;1-2-3-4/h12H,4-11H2,1-3H3;4H,2-3H2,1H3. The molecule has 5 nitrogen and oxygen atoms in total. The van der Waals surface area contributed by atoms with Crippen molar-refractivity contribution in [3.05, 3.63) is 0 Å². The van der Waals surface area contributed by atoms with E-state index in [1.54, 1.807) is 0 Å². The van der Waals surface area contributed by atoms with Gasteiger partial charge >= 0.3 is 8.80 Å². The first-order valence-electron chi connectivity index (χ1n) is 8.39. The van der Waals surface area contributed by atoms with E-state index in [1.165, 1.54) is 6.42 Å². The molecule has 1 aliphatic heterocycles. The van der Waals surface area contributed by atoms with Crippen LogP contribution in [0.2, 0.25) is 6.04 Å². The Morgan fingerprint density at radius 3 is 1.91 bits per heavy atom. The molecule has 0 aromatic carbocycles. The number of hydrogen-bond donors (Lipinski definition) is 1. The molecule has 0 bridgehead atoms. The molecule has 1 aliphatic rings. The third-order valence-electron chi connectivity index (χ3n) is 2.79. The molecule has 7 heteroatoms. The van der Waals surface area contributed by atoms with Crippen molar-refractivity contribution in [2.45, 2.75) is 52.7 Å². The topological polar surface area (TPSA) is 49.5 Å². The molecule has 134 valence electrons. The first-order chi connectivity index (χ1) is 10.7. The first-order valence-corrected chi connectivity index (χ1v) is 11.0. The fourth-order valence-electron chi connectivity index (χ4n) is 1.77. The molecule has 1 atom stereocenters. The van der Waals surface area contributed by atoms with Crippen LogP contribution in [0.15, 0.2) is 0 Å². The Bertz CT molecular complexity index is 223. The van der Waals surface area contributed by atoms with Gasteiger partial charge in [0.25, 0.3) is 0 Å². The van der Waals surface area contributed by atoms with Crippen LogP contribution < -0.4 is 0 Å². The quantitative estimate of drug-likeness (QED) is 0.238. The lowest BCUT2D eigenvalue weighted by Gasteiger charge is -2.28. The predicted molar refractivity (Wildman–Crippen MR) is 94.8 cm³/mol. The normalized spacial score (nSPS) is 17.0. The minimum Gasteiger partial charge on any atom is -0.379 e. The van der Waals surface area contributed by atoms with E-state index < -0.39 is 8.80 Å². The highest BCUT2D eigenvalue weighted by atomic mass is 32.1. The molecule has 1 saturated heterocycles. The maximum atomic E-state index is 5.76. The SMILES string of the molecule is CCCS.CCO[Si](CCCOCC1CO1)(OCC)OCC. The summed E-state index contributed by atoms with van der Waals surface area (Å²) in [5.74, 6) is 1.01. The third kappa shape index (κ3) is 11.9. The van der Waals surface area contributed by atoms with Crippen LogP contribution in [-0.2, 0) is 22.8 Å². The lowest BCUT2D eigenvalue weighted by Crippen LogP contribution is -2.46. The summed E-state index contributed by atoms with van der Waals surface area (Å²) >= 11 is 3.92. The van der Waals surface area contributed by atoms with Crippen molar-refractivity contribution in [1.29, 1.82) is 0 Å². The summed E-state index contributed by atoms with van der Waals surface area (Å²) in [6.45, 7) is 12.2. The molecule has 1 rings (SSSR count). The molecule has 0 aromatic heterocycles. The predicted octanol–water partition coefficient (Wildman–Crippen LogP) is 3.17. The van der Waals surface area contributed by atoms with Gasteiger partial charge in [-0.2, -0.15) is 12.6 Å². The van der Waals surface area contributed by atoms with Gasteiger partial charge in [0.05, 0.1) is 13.2 Å². The summed E-state index contributed by atoms with van der Waals surface area (Å²) in [5.41, 5.74) is 0. The number of rotatable bonds is 13. The Morgan fingerprint density at radius 2 is 1.55 bits per heavy atom. The van der Waals surface area contributed by atoms with Crippen LogP contribution >= 0.6 is 12.6 Å². The summed E-state index contributed by atoms with van der Waals surface area (Å²) in [6, 6.07) is 0.814. The Hall–Kier alpha value is 0.367. The van der Waals surface area contributed by atoms with E-state index in [9.17, 15) is 0 Å². The van der Waals surface area contributed by atoms with E-state index in [-0.39, 0.29) is 0 Å². The zero-order valence-corrected chi connectivity index (χ0v) is 16.5. The fourth-order valence-corrected chi connectivity index (χ4v) is 4.35. The van der Waals surface area contributed by atoms with Gasteiger partial charge in [-0.25, -0.2) is 0 Å². The van der Waals surface area contributed by atoms with Gasteiger partial charge in [0.2, 0.25) is 0 Å². The summed E-state index contributed by atoms with van der Waals surface area (Å²) in [4.78, 5) is 0. The van der Waals surface area contributed by atoms with Crippen molar-refractivity contribution in [3.8, 4) is 0 Å². The lowest BCUT2D eigenvalue weighted by atomic mass is 10.5. The van der Waals surface area contributed by atoms with Crippen LogP contribution in [0, 0.1) is 0 Å². The van der Waals surface area contributed by atoms with E-state index in [1.807, 2.05) is 20.8 Å². The molecule has 1 unspecified atom stereocenters. The first kappa shape index (κ1) is 22.4. The van der Waals surface area contributed by atoms with E-state index >= 15 is 0 Å². The minimum atomic E-state index is -2.47. The highest BCUT2D eigenvalue weighted by Crippen LogP contribution is 2.18. The fraction of sp³-hybridized carbons (Fsp3) is 1.00. The van der Waals surface area contributed by atoms with Gasteiger partial charge in [-0.05, 0) is 39.4 Å². The molecule has 1 heterocycles. The highest BCUT2D eigenvalue weighted by Gasteiger charge is 2.39. The molecule has 0 N–H and O–H groups in total. The Balaban J connectivity index is 0.000000980. The summed E-state index contributed by atoms with van der Waals surface area (Å²) in [6.07, 6.45) is 2.42. The number of ether oxygens (including phenoxy) is 2. The van der Waals surface area contributed by atoms with E-state index in [2.05, 4.69) is 19.6 Å². The molecular formula is C15H34O5SSi. The minimum absolute atomic E-state index is 0.331. The number of epoxide rings is 1. The molecule has 0 saturated carbocycles. The van der Waals surface area contributed by atoms with Crippen LogP contribution in [0.4, 0.5) is 0 Å². The molecular weight excluding hydrogens is 320 g/mol. The van der Waals surface area contributed by atoms with E-state index in [4.69, 9.17) is 22.8 Å². The van der Waals surface area contributed by atoms with Crippen LogP contribution in [0.3, 0.4) is 0 Å². The zero-order valence-electron chi connectivity index (χ0n) is 14.6. The van der Waals surface area contributed by atoms with Crippen molar-refractivity contribution >= 4 is 21.4 Å². The number of hydrogen-bond acceptors (Lipinski definition) is 6. The van der Waals surface area contributed by atoms with Gasteiger partial charge in [-0.3, -0.25) is 0 Å². The average Bonchev–Trinajstić information content (AvgIpc) is 3.32. The Kier molecular flexibility index (Phi) is 15.2. The summed E-state index contributed by atoms with van der Waals surface area (Å²) < 4.78 is 27.9. The Labute approximate surface area is 142 Å². The van der Waals surface area contributed by atoms with Gasteiger partial charge < -0.3 is 22.8 Å². The average molecular weight is 355 g/mol. The highest BCUT2D eigenvalue weighted by molar-refractivity contribution is 7.80. The van der Waals surface area contributed by atoms with Crippen LogP contribution in [-0.4, -0.2) is 60.3 Å². The monoisotopic (exact) mass is 354 g/mol. The molecule has 22 heavy (non-hydrogen) atoms. The van der Waals surface area contributed by atoms with Crippen molar-refractivity contribution in [2.24, 2.45) is 0 Å². The second-order valence-electron chi connectivity index (χ2n) is 4.84. The van der Waals surface area contributed by atoms with Crippen molar-refractivity contribution < 1.29 is 22.8 Å². The van der Waals surface area contributed by atoms with E-state index in [0.29, 0.717) is 39.1 Å². The third-order valence-corrected chi connectivity index (χ3v) is 6.39. The van der Waals surface area contributed by atoms with Crippen LogP contribution in [0.5, 0.6) is 0 Å². The molecule has 0 aromatic rings. The zero-order chi connectivity index (χ0) is 16.7. The van der Waals surface area contributed by atoms with E-state index in [0.717, 1.165) is 24.8 Å². The van der Waals surface area contributed by atoms with Crippen molar-refractivity contribution in [2.75, 3.05) is 45.4 Å². The van der Waals surface area contributed by atoms with Gasteiger partial charge in [0.1, 0.15) is 6.10 Å². The smallest absolute Gasteiger partial charge is 0.379 e. The molecule has 0 spiro atoms. The maximum absolute atomic E-state index is 5.76. The van der Waals surface area contributed by atoms with Crippen molar-refractivity contribution in [1.82, 2.24) is 0 Å². The second-order valence-corrected chi connectivity index (χ2v) is 8.02. The van der Waals surface area contributed by atoms with Gasteiger partial charge in [-0.15, -0.1) is 0 Å². The molecule has 0 radical (unpaired) electrons. The number of thiol groups is 1. The van der Waals surface area contributed by atoms with Crippen LogP contribution in [0.25, 0.3) is 0 Å². The van der Waals surface area contributed by atoms with Gasteiger partial charge in [0, 0.05) is 32.5 Å². The maximum Gasteiger partial charge on any atom is 0.501 e. The van der Waals surface area contributed by atoms with Crippen LogP contribution in [0.1, 0.15) is 40.5 Å². The molecule has 0 aliphatic carbocycles. The Morgan fingerprint density at radius 1 is 1.05 bits per heavy atom. The lowest BCUT2D eigenvalue weighted by molar-refractivity contribution is 0.0648. The largest absolute Gasteiger partial charge is 0.501 e. The van der Waals surface area contributed by atoms with Gasteiger partial charge in [0.15, 0.2) is 0 Å². The second kappa shape index (κ2) is 14.9. The van der Waals surface area contributed by atoms with Crippen molar-refractivity contribution in [3.63, 3.8) is 0 Å². The van der Waals surface area contributed by atoms with Gasteiger partial charge in [-0.1, -0.05) is 6.92 Å². The summed E-state index contributed by atoms with van der Waals surface area (Å²) in [5, 5.41) is 0. The summed E-state index contributed by atoms with van der Waals surface area (Å²) in [7, 11) is -2.47. The molecule has 1 fully saturated rings.